The summed E-state index contributed by atoms with van der Waals surface area (Å²) in [6.07, 6.45) is 0. The summed E-state index contributed by atoms with van der Waals surface area (Å²) in [5.74, 6) is 0.258. The topological polar surface area (TPSA) is 62.5 Å². The van der Waals surface area contributed by atoms with Gasteiger partial charge in [-0.25, -0.2) is 4.98 Å². The number of anilines is 2. The second-order valence-electron chi connectivity index (χ2n) is 4.23. The van der Waals surface area contributed by atoms with Gasteiger partial charge in [-0.3, -0.25) is 4.79 Å². The normalized spacial score (nSPS) is 10.7. The maximum atomic E-state index is 12.1. The molecule has 1 heterocycles. The van der Waals surface area contributed by atoms with Crippen molar-refractivity contribution in [3.05, 3.63) is 4.88 Å². The number of amides is 1. The van der Waals surface area contributed by atoms with Crippen molar-refractivity contribution < 1.29 is 4.79 Å². The number of hydrogen-bond acceptors (Lipinski definition) is 5. The molecular formula is C11H20N4OS. The Kier molecular flexibility index (Phi) is 4.34. The van der Waals surface area contributed by atoms with Gasteiger partial charge in [-0.15, -0.1) is 0 Å². The van der Waals surface area contributed by atoms with Gasteiger partial charge in [0.25, 0.3) is 5.91 Å². The fraction of sp³-hybridized carbons (Fsp3) is 0.636. The molecule has 0 aliphatic rings. The number of nitrogen functional groups attached to an aromatic ring is 1. The average Bonchev–Trinajstić information content (AvgIpc) is 2.68. The van der Waals surface area contributed by atoms with Crippen LogP contribution in [0.2, 0.25) is 0 Å². The van der Waals surface area contributed by atoms with E-state index in [0.717, 1.165) is 11.7 Å². The monoisotopic (exact) mass is 256 g/mol. The van der Waals surface area contributed by atoms with E-state index in [1.807, 2.05) is 32.7 Å². The first-order chi connectivity index (χ1) is 7.88. The second kappa shape index (κ2) is 5.35. The highest BCUT2D eigenvalue weighted by atomic mass is 32.1. The van der Waals surface area contributed by atoms with Crippen molar-refractivity contribution in [2.75, 3.05) is 31.3 Å². The molecule has 1 rings (SSSR count). The molecule has 1 amide bonds. The largest absolute Gasteiger partial charge is 0.382 e. The SMILES string of the molecule is CCN(C)c1nc(N)c(C(=O)N(C)C(C)C)s1. The molecular weight excluding hydrogens is 236 g/mol. The van der Waals surface area contributed by atoms with Gasteiger partial charge in [-0.2, -0.15) is 0 Å². The number of thiazole rings is 1. The number of carbonyl (C=O) groups is 1. The molecule has 5 nitrogen and oxygen atoms in total. The molecule has 0 aromatic carbocycles. The first-order valence-electron chi connectivity index (χ1n) is 5.63. The first kappa shape index (κ1) is 13.8. The van der Waals surface area contributed by atoms with Crippen LogP contribution in [-0.4, -0.2) is 42.5 Å². The van der Waals surface area contributed by atoms with Crippen LogP contribution >= 0.6 is 11.3 Å². The lowest BCUT2D eigenvalue weighted by atomic mass is 10.3. The summed E-state index contributed by atoms with van der Waals surface area (Å²) in [6, 6.07) is 0.149. The van der Waals surface area contributed by atoms with E-state index in [2.05, 4.69) is 4.98 Å². The van der Waals surface area contributed by atoms with Crippen molar-refractivity contribution in [2.24, 2.45) is 0 Å². The Morgan fingerprint density at radius 1 is 1.47 bits per heavy atom. The molecule has 0 saturated carbocycles. The Morgan fingerprint density at radius 2 is 2.06 bits per heavy atom. The van der Waals surface area contributed by atoms with Gasteiger partial charge in [0.05, 0.1) is 0 Å². The molecule has 0 spiro atoms. The Morgan fingerprint density at radius 3 is 2.53 bits per heavy atom. The predicted octanol–water partition coefficient (Wildman–Crippen LogP) is 1.66. The minimum Gasteiger partial charge on any atom is -0.382 e. The van der Waals surface area contributed by atoms with Crippen molar-refractivity contribution in [3.63, 3.8) is 0 Å². The summed E-state index contributed by atoms with van der Waals surface area (Å²) in [5.41, 5.74) is 5.80. The van der Waals surface area contributed by atoms with Crippen LogP contribution in [-0.2, 0) is 0 Å². The third-order valence-corrected chi connectivity index (χ3v) is 3.91. The van der Waals surface area contributed by atoms with Crippen LogP contribution in [0.3, 0.4) is 0 Å². The van der Waals surface area contributed by atoms with E-state index >= 15 is 0 Å². The third kappa shape index (κ3) is 2.88. The second-order valence-corrected chi connectivity index (χ2v) is 5.21. The summed E-state index contributed by atoms with van der Waals surface area (Å²) in [5, 5.41) is 0.783. The van der Waals surface area contributed by atoms with Gasteiger partial charge in [-0.1, -0.05) is 11.3 Å². The third-order valence-electron chi connectivity index (χ3n) is 2.73. The van der Waals surface area contributed by atoms with Gasteiger partial charge in [0.1, 0.15) is 10.7 Å². The molecule has 0 atom stereocenters. The smallest absolute Gasteiger partial charge is 0.267 e. The number of rotatable bonds is 4. The molecule has 0 saturated heterocycles. The van der Waals surface area contributed by atoms with Gasteiger partial charge >= 0.3 is 0 Å². The molecule has 2 N–H and O–H groups in total. The molecule has 17 heavy (non-hydrogen) atoms. The van der Waals surface area contributed by atoms with E-state index < -0.39 is 0 Å². The molecule has 0 bridgehead atoms. The lowest BCUT2D eigenvalue weighted by molar-refractivity contribution is 0.0760. The van der Waals surface area contributed by atoms with Crippen LogP contribution in [0.5, 0.6) is 0 Å². The molecule has 1 aromatic heterocycles. The zero-order valence-electron chi connectivity index (χ0n) is 11.0. The van der Waals surface area contributed by atoms with Crippen molar-refractivity contribution in [1.29, 1.82) is 0 Å². The predicted molar refractivity (Wildman–Crippen MR) is 72.7 cm³/mol. The summed E-state index contributed by atoms with van der Waals surface area (Å²) < 4.78 is 0. The van der Waals surface area contributed by atoms with Crippen LogP contribution in [0.4, 0.5) is 10.9 Å². The van der Waals surface area contributed by atoms with Crippen LogP contribution in [0.25, 0.3) is 0 Å². The number of nitrogens with zero attached hydrogens (tertiary/aromatic N) is 3. The zero-order valence-corrected chi connectivity index (χ0v) is 11.8. The lowest BCUT2D eigenvalue weighted by Gasteiger charge is -2.20. The van der Waals surface area contributed by atoms with Gasteiger partial charge < -0.3 is 15.5 Å². The van der Waals surface area contributed by atoms with Crippen molar-refractivity contribution >= 4 is 28.2 Å². The van der Waals surface area contributed by atoms with Gasteiger partial charge in [-0.05, 0) is 20.8 Å². The number of carbonyl (C=O) groups excluding carboxylic acids is 1. The quantitative estimate of drug-likeness (QED) is 0.890. The van der Waals surface area contributed by atoms with Gasteiger partial charge in [0, 0.05) is 26.7 Å². The Labute approximate surface area is 106 Å². The molecule has 1 aromatic rings. The molecule has 6 heteroatoms. The summed E-state index contributed by atoms with van der Waals surface area (Å²) in [7, 11) is 3.70. The van der Waals surface area contributed by atoms with Crippen LogP contribution in [0, 0.1) is 0 Å². The number of hydrogen-bond donors (Lipinski definition) is 1. The minimum absolute atomic E-state index is 0.0641. The number of nitrogens with two attached hydrogens (primary N) is 1. The number of aromatic nitrogens is 1. The molecule has 0 unspecified atom stereocenters. The Balaban J connectivity index is 2.99. The van der Waals surface area contributed by atoms with E-state index in [0.29, 0.717) is 10.7 Å². The van der Waals surface area contributed by atoms with Gasteiger partial charge in [0.15, 0.2) is 5.13 Å². The van der Waals surface area contributed by atoms with Gasteiger partial charge in [0.2, 0.25) is 0 Å². The highest BCUT2D eigenvalue weighted by Crippen LogP contribution is 2.28. The summed E-state index contributed by atoms with van der Waals surface area (Å²) >= 11 is 1.34. The minimum atomic E-state index is -0.0641. The van der Waals surface area contributed by atoms with Crippen LogP contribution < -0.4 is 10.6 Å². The summed E-state index contributed by atoms with van der Waals surface area (Å²) in [6.45, 7) is 6.79. The lowest BCUT2D eigenvalue weighted by Crippen LogP contribution is -2.32. The van der Waals surface area contributed by atoms with E-state index in [9.17, 15) is 4.79 Å². The maximum Gasteiger partial charge on any atom is 0.267 e. The fourth-order valence-electron chi connectivity index (χ4n) is 1.17. The fourth-order valence-corrected chi connectivity index (χ4v) is 2.16. The Bertz CT molecular complexity index is 402. The molecule has 0 aliphatic heterocycles. The van der Waals surface area contributed by atoms with Crippen LogP contribution in [0.1, 0.15) is 30.4 Å². The zero-order chi connectivity index (χ0) is 13.2. The van der Waals surface area contributed by atoms with E-state index in [4.69, 9.17) is 5.73 Å². The van der Waals surface area contributed by atoms with Crippen molar-refractivity contribution in [3.8, 4) is 0 Å². The molecule has 96 valence electrons. The van der Waals surface area contributed by atoms with E-state index in [1.54, 1.807) is 11.9 Å². The van der Waals surface area contributed by atoms with E-state index in [-0.39, 0.29) is 11.9 Å². The average molecular weight is 256 g/mol. The molecule has 0 radical (unpaired) electrons. The Hall–Kier alpha value is -1.30. The van der Waals surface area contributed by atoms with E-state index in [1.165, 1.54) is 11.3 Å². The van der Waals surface area contributed by atoms with Crippen LogP contribution in [0.15, 0.2) is 0 Å². The standard InChI is InChI=1S/C11H20N4OS/c1-6-14(4)11-13-9(12)8(17-11)10(16)15(5)7(2)3/h7H,6,12H2,1-5H3. The van der Waals surface area contributed by atoms with Crippen molar-refractivity contribution in [2.45, 2.75) is 26.8 Å². The first-order valence-corrected chi connectivity index (χ1v) is 6.44. The highest BCUT2D eigenvalue weighted by molar-refractivity contribution is 7.18. The molecule has 0 aliphatic carbocycles. The summed E-state index contributed by atoms with van der Waals surface area (Å²) in [4.78, 5) is 20.5. The maximum absolute atomic E-state index is 12.1. The molecule has 0 fully saturated rings. The van der Waals surface area contributed by atoms with Crippen molar-refractivity contribution in [1.82, 2.24) is 9.88 Å². The highest BCUT2D eigenvalue weighted by Gasteiger charge is 2.22.